The number of rotatable bonds is 5. The Hall–Kier alpha value is -2.74. The Balaban J connectivity index is 1.69. The lowest BCUT2D eigenvalue weighted by Gasteiger charge is -2.12. The summed E-state index contributed by atoms with van der Waals surface area (Å²) in [5.74, 6) is 0.134. The third-order valence-corrected chi connectivity index (χ3v) is 4.04. The summed E-state index contributed by atoms with van der Waals surface area (Å²) in [7, 11) is 0. The van der Waals surface area contributed by atoms with Crippen LogP contribution < -0.4 is 10.1 Å². The number of aryl methyl sites for hydroxylation is 2. The molecule has 0 unspecified atom stereocenters. The Kier molecular flexibility index (Phi) is 4.57. The predicted octanol–water partition coefficient (Wildman–Crippen LogP) is 2.75. The second-order valence-corrected chi connectivity index (χ2v) is 6.45. The summed E-state index contributed by atoms with van der Waals surface area (Å²) < 4.78 is 7.43. The van der Waals surface area contributed by atoms with Crippen LogP contribution in [0.5, 0.6) is 5.88 Å². The van der Waals surface area contributed by atoms with Gasteiger partial charge in [-0.2, -0.15) is 0 Å². The van der Waals surface area contributed by atoms with Crippen molar-refractivity contribution in [1.29, 1.82) is 0 Å². The highest BCUT2D eigenvalue weighted by atomic mass is 32.1. The number of carbonyl (C=O) groups excluding carboxylic acids is 1. The molecule has 7 nitrogen and oxygen atoms in total. The van der Waals surface area contributed by atoms with Crippen molar-refractivity contribution in [3.8, 4) is 11.6 Å². The van der Waals surface area contributed by atoms with E-state index in [1.807, 2.05) is 50.4 Å². The molecule has 3 aromatic rings. The van der Waals surface area contributed by atoms with E-state index < -0.39 is 6.10 Å². The van der Waals surface area contributed by atoms with Gasteiger partial charge < -0.3 is 4.74 Å². The van der Waals surface area contributed by atoms with Crippen LogP contribution in [-0.4, -0.2) is 32.0 Å². The molecule has 1 aromatic carbocycles. The Labute approximate surface area is 143 Å². The summed E-state index contributed by atoms with van der Waals surface area (Å²) >= 11 is 1.31. The van der Waals surface area contributed by atoms with Gasteiger partial charge >= 0.3 is 0 Å². The predicted molar refractivity (Wildman–Crippen MR) is 91.7 cm³/mol. The van der Waals surface area contributed by atoms with E-state index >= 15 is 0 Å². The second-order valence-electron chi connectivity index (χ2n) is 5.27. The van der Waals surface area contributed by atoms with E-state index in [0.29, 0.717) is 11.0 Å². The van der Waals surface area contributed by atoms with Crippen molar-refractivity contribution in [3.05, 3.63) is 47.1 Å². The van der Waals surface area contributed by atoms with Crippen molar-refractivity contribution in [2.45, 2.75) is 26.9 Å². The first kappa shape index (κ1) is 16.1. The fraction of sp³-hybridized carbons (Fsp3) is 0.250. The SMILES string of the molecule is Cc1nnc(NC(=O)[C@H](C)Oc2nn(-c3ccccc3)cc2C)s1. The number of nitrogens with zero attached hydrogens (tertiary/aromatic N) is 4. The summed E-state index contributed by atoms with van der Waals surface area (Å²) in [5, 5.41) is 16.1. The number of hydrogen-bond donors (Lipinski definition) is 1. The molecule has 8 heteroatoms. The smallest absolute Gasteiger partial charge is 0.267 e. The number of benzene rings is 1. The van der Waals surface area contributed by atoms with Gasteiger partial charge in [0.15, 0.2) is 6.10 Å². The maximum Gasteiger partial charge on any atom is 0.267 e. The number of para-hydroxylation sites is 1. The molecule has 0 saturated carbocycles. The van der Waals surface area contributed by atoms with Gasteiger partial charge in [0, 0.05) is 11.8 Å². The van der Waals surface area contributed by atoms with E-state index in [1.165, 1.54) is 11.3 Å². The van der Waals surface area contributed by atoms with Crippen LogP contribution in [0.3, 0.4) is 0 Å². The standard InChI is InChI=1S/C16H17N5O2S/c1-10-9-21(13-7-5-4-6-8-13)20-15(10)23-11(2)14(22)17-16-19-18-12(3)24-16/h4-9,11H,1-3H3,(H,17,19,22)/t11-/m0/s1. The molecule has 0 aliphatic rings. The number of hydrogen-bond acceptors (Lipinski definition) is 6. The van der Waals surface area contributed by atoms with Crippen LogP contribution in [0, 0.1) is 13.8 Å². The highest BCUT2D eigenvalue weighted by Crippen LogP contribution is 2.20. The summed E-state index contributed by atoms with van der Waals surface area (Å²) in [6.45, 7) is 5.39. The van der Waals surface area contributed by atoms with Crippen LogP contribution in [0.4, 0.5) is 5.13 Å². The lowest BCUT2D eigenvalue weighted by molar-refractivity contribution is -0.122. The summed E-state index contributed by atoms with van der Waals surface area (Å²) in [6.07, 6.45) is 1.16. The second kappa shape index (κ2) is 6.79. The number of amides is 1. The molecule has 0 bridgehead atoms. The first-order valence-electron chi connectivity index (χ1n) is 7.42. The van der Waals surface area contributed by atoms with Crippen molar-refractivity contribution in [2.24, 2.45) is 0 Å². The molecule has 0 radical (unpaired) electrons. The molecule has 1 N–H and O–H groups in total. The fourth-order valence-corrected chi connectivity index (χ4v) is 2.64. The maximum atomic E-state index is 12.2. The van der Waals surface area contributed by atoms with E-state index in [4.69, 9.17) is 4.74 Å². The number of aromatic nitrogens is 4. The molecule has 124 valence electrons. The fourth-order valence-electron chi connectivity index (χ4n) is 2.05. The van der Waals surface area contributed by atoms with E-state index in [-0.39, 0.29) is 5.91 Å². The largest absolute Gasteiger partial charge is 0.463 e. The Bertz CT molecular complexity index is 843. The minimum Gasteiger partial charge on any atom is -0.463 e. The lowest BCUT2D eigenvalue weighted by Crippen LogP contribution is -2.30. The highest BCUT2D eigenvalue weighted by molar-refractivity contribution is 7.15. The minimum atomic E-state index is -0.702. The third-order valence-electron chi connectivity index (χ3n) is 3.29. The molecular weight excluding hydrogens is 326 g/mol. The van der Waals surface area contributed by atoms with Crippen LogP contribution in [0.1, 0.15) is 17.5 Å². The van der Waals surface area contributed by atoms with Gasteiger partial charge in [0.25, 0.3) is 5.91 Å². The third kappa shape index (κ3) is 3.60. The van der Waals surface area contributed by atoms with Crippen LogP contribution in [0.25, 0.3) is 5.69 Å². The van der Waals surface area contributed by atoms with Gasteiger partial charge in [-0.1, -0.05) is 29.5 Å². The highest BCUT2D eigenvalue weighted by Gasteiger charge is 2.19. The summed E-state index contributed by atoms with van der Waals surface area (Å²) in [5.41, 5.74) is 1.78. The zero-order valence-corrected chi connectivity index (χ0v) is 14.4. The average molecular weight is 343 g/mol. The van der Waals surface area contributed by atoms with E-state index in [9.17, 15) is 4.79 Å². The van der Waals surface area contributed by atoms with Crippen LogP contribution in [0.15, 0.2) is 36.5 Å². The van der Waals surface area contributed by atoms with Crippen molar-refractivity contribution in [2.75, 3.05) is 5.32 Å². The van der Waals surface area contributed by atoms with E-state index in [2.05, 4.69) is 20.6 Å². The monoisotopic (exact) mass is 343 g/mol. The number of carbonyl (C=O) groups is 1. The molecule has 0 fully saturated rings. The molecule has 0 spiro atoms. The van der Waals surface area contributed by atoms with Crippen molar-refractivity contribution < 1.29 is 9.53 Å². The van der Waals surface area contributed by atoms with Crippen molar-refractivity contribution in [1.82, 2.24) is 20.0 Å². The number of nitrogens with one attached hydrogen (secondary N) is 1. The summed E-state index contributed by atoms with van der Waals surface area (Å²) in [4.78, 5) is 12.2. The van der Waals surface area contributed by atoms with Crippen LogP contribution in [0.2, 0.25) is 0 Å². The Morgan fingerprint density at radius 2 is 2.00 bits per heavy atom. The summed E-state index contributed by atoms with van der Waals surface area (Å²) in [6, 6.07) is 9.72. The van der Waals surface area contributed by atoms with Gasteiger partial charge in [0.2, 0.25) is 11.0 Å². The number of anilines is 1. The maximum absolute atomic E-state index is 12.2. The zero-order chi connectivity index (χ0) is 17.1. The van der Waals surface area contributed by atoms with Gasteiger partial charge in [0.1, 0.15) is 5.01 Å². The lowest BCUT2D eigenvalue weighted by atomic mass is 10.3. The Morgan fingerprint density at radius 3 is 2.67 bits per heavy atom. The Morgan fingerprint density at radius 1 is 1.25 bits per heavy atom. The normalized spacial score (nSPS) is 12.0. The van der Waals surface area contributed by atoms with Crippen LogP contribution in [-0.2, 0) is 4.79 Å². The first-order valence-corrected chi connectivity index (χ1v) is 8.24. The quantitative estimate of drug-likeness (QED) is 0.770. The average Bonchev–Trinajstić information content (AvgIpc) is 3.14. The molecule has 2 aromatic heterocycles. The molecular formula is C16H17N5O2S. The van der Waals surface area contributed by atoms with Crippen LogP contribution >= 0.6 is 11.3 Å². The molecule has 0 aliphatic carbocycles. The van der Waals surface area contributed by atoms with Crippen molar-refractivity contribution in [3.63, 3.8) is 0 Å². The molecule has 0 aliphatic heterocycles. The van der Waals surface area contributed by atoms with E-state index in [0.717, 1.165) is 16.3 Å². The van der Waals surface area contributed by atoms with Gasteiger partial charge in [0.05, 0.1) is 5.69 Å². The molecule has 1 atom stereocenters. The number of ether oxygens (including phenoxy) is 1. The van der Waals surface area contributed by atoms with Gasteiger partial charge in [-0.3, -0.25) is 10.1 Å². The molecule has 2 heterocycles. The topological polar surface area (TPSA) is 81.9 Å². The first-order chi connectivity index (χ1) is 11.5. The zero-order valence-electron chi connectivity index (χ0n) is 13.6. The molecule has 0 saturated heterocycles. The van der Waals surface area contributed by atoms with Gasteiger partial charge in [-0.25, -0.2) is 4.68 Å². The minimum absolute atomic E-state index is 0.292. The van der Waals surface area contributed by atoms with E-state index in [1.54, 1.807) is 11.6 Å². The molecule has 3 rings (SSSR count). The van der Waals surface area contributed by atoms with Gasteiger partial charge in [-0.15, -0.1) is 15.3 Å². The molecule has 1 amide bonds. The molecule has 24 heavy (non-hydrogen) atoms. The van der Waals surface area contributed by atoms with Gasteiger partial charge in [-0.05, 0) is 32.9 Å². The van der Waals surface area contributed by atoms with Crippen molar-refractivity contribution >= 4 is 22.4 Å².